The number of aliphatic hydroxyl groups is 1. The van der Waals surface area contributed by atoms with Crippen molar-refractivity contribution in [2.75, 3.05) is 33.3 Å². The fraction of sp³-hybridized carbons (Fsp3) is 0.522. The van der Waals surface area contributed by atoms with Crippen LogP contribution < -0.4 is 0 Å². The molecule has 160 valence electrons. The van der Waals surface area contributed by atoms with Gasteiger partial charge in [0.15, 0.2) is 11.5 Å². The van der Waals surface area contributed by atoms with Crippen molar-refractivity contribution >= 4 is 17.7 Å². The van der Waals surface area contributed by atoms with Gasteiger partial charge in [0, 0.05) is 19.0 Å². The molecule has 30 heavy (non-hydrogen) atoms. The second-order valence-electron chi connectivity index (χ2n) is 8.32. The van der Waals surface area contributed by atoms with Crippen LogP contribution in [0, 0.1) is 5.92 Å². The first-order chi connectivity index (χ1) is 14.5. The normalized spacial score (nSPS) is 22.5. The highest BCUT2D eigenvalue weighted by Crippen LogP contribution is 2.43. The lowest BCUT2D eigenvalue weighted by Crippen LogP contribution is -2.40. The Morgan fingerprint density at radius 1 is 1.07 bits per heavy atom. The van der Waals surface area contributed by atoms with Gasteiger partial charge in [0.25, 0.3) is 5.91 Å². The number of methoxy groups -OCH3 is 1. The molecule has 0 radical (unpaired) electrons. The van der Waals surface area contributed by atoms with E-state index in [4.69, 9.17) is 4.74 Å². The van der Waals surface area contributed by atoms with Crippen molar-refractivity contribution in [1.29, 1.82) is 0 Å². The van der Waals surface area contributed by atoms with Gasteiger partial charge >= 0.3 is 5.97 Å². The van der Waals surface area contributed by atoms with Crippen LogP contribution in [0.3, 0.4) is 0 Å². The van der Waals surface area contributed by atoms with Crippen LogP contribution in [-0.2, 0) is 14.3 Å². The summed E-state index contributed by atoms with van der Waals surface area (Å²) in [5.41, 5.74) is 1.31. The summed E-state index contributed by atoms with van der Waals surface area (Å²) in [6.45, 7) is 3.16. The fourth-order valence-electron chi connectivity index (χ4n) is 4.40. The first kappa shape index (κ1) is 20.6. The van der Waals surface area contributed by atoms with Crippen molar-refractivity contribution in [3.63, 3.8) is 0 Å². The van der Waals surface area contributed by atoms with Crippen LogP contribution in [0.15, 0.2) is 35.6 Å². The third kappa shape index (κ3) is 3.99. The van der Waals surface area contributed by atoms with Crippen LogP contribution in [0.25, 0.3) is 0 Å². The lowest BCUT2D eigenvalue weighted by Gasteiger charge is -2.31. The van der Waals surface area contributed by atoms with Gasteiger partial charge in [0.1, 0.15) is 0 Å². The number of carbonyl (C=O) groups is 3. The minimum absolute atomic E-state index is 0.103. The Labute approximate surface area is 176 Å². The van der Waals surface area contributed by atoms with Gasteiger partial charge in [-0.15, -0.1) is 0 Å². The maximum Gasteiger partial charge on any atom is 0.337 e. The molecule has 1 aromatic rings. The predicted octanol–water partition coefficient (Wildman–Crippen LogP) is 2.63. The summed E-state index contributed by atoms with van der Waals surface area (Å²) in [5, 5.41) is 10.6. The maximum absolute atomic E-state index is 12.9. The zero-order chi connectivity index (χ0) is 21.3. The lowest BCUT2D eigenvalue weighted by atomic mass is 9.93. The highest BCUT2D eigenvalue weighted by molar-refractivity contribution is 6.10. The minimum atomic E-state index is -0.623. The first-order valence-electron chi connectivity index (χ1n) is 10.7. The van der Waals surface area contributed by atoms with Gasteiger partial charge in [0.2, 0.25) is 0 Å². The number of hydrogen-bond donors (Lipinski definition) is 1. The van der Waals surface area contributed by atoms with E-state index in [0.717, 1.165) is 38.8 Å². The molecule has 2 fully saturated rings. The van der Waals surface area contributed by atoms with Crippen molar-refractivity contribution in [2.45, 2.75) is 38.1 Å². The molecule has 7 heteroatoms. The summed E-state index contributed by atoms with van der Waals surface area (Å²) in [7, 11) is 1.32. The van der Waals surface area contributed by atoms with E-state index in [9.17, 15) is 19.5 Å². The molecule has 0 aromatic heterocycles. The highest BCUT2D eigenvalue weighted by atomic mass is 16.5. The average Bonchev–Trinajstić information content (AvgIpc) is 3.60. The lowest BCUT2D eigenvalue weighted by molar-refractivity contribution is -0.129. The third-order valence-electron chi connectivity index (χ3n) is 6.27. The number of esters is 1. The monoisotopic (exact) mass is 412 g/mol. The summed E-state index contributed by atoms with van der Waals surface area (Å²) < 4.78 is 4.75. The molecule has 2 aliphatic heterocycles. The summed E-state index contributed by atoms with van der Waals surface area (Å²) in [5.74, 6) is -1.60. The number of rotatable bonds is 7. The van der Waals surface area contributed by atoms with Gasteiger partial charge in [-0.3, -0.25) is 9.59 Å². The molecule has 4 rings (SSSR count). The van der Waals surface area contributed by atoms with E-state index < -0.39 is 23.7 Å². The molecule has 1 saturated carbocycles. The van der Waals surface area contributed by atoms with Crippen LogP contribution in [0.4, 0.5) is 0 Å². The summed E-state index contributed by atoms with van der Waals surface area (Å²) in [4.78, 5) is 41.5. The van der Waals surface area contributed by atoms with E-state index in [2.05, 4.69) is 4.90 Å². The largest absolute Gasteiger partial charge is 0.503 e. The van der Waals surface area contributed by atoms with E-state index in [-0.39, 0.29) is 17.3 Å². The molecule has 7 nitrogen and oxygen atoms in total. The van der Waals surface area contributed by atoms with Gasteiger partial charge in [-0.2, -0.15) is 0 Å². The summed E-state index contributed by atoms with van der Waals surface area (Å²) >= 11 is 0. The molecule has 2 heterocycles. The number of aliphatic hydroxyl groups excluding tert-OH is 1. The topological polar surface area (TPSA) is 87.2 Å². The summed E-state index contributed by atoms with van der Waals surface area (Å²) in [6.07, 6.45) is 5.14. The van der Waals surface area contributed by atoms with E-state index in [1.165, 1.54) is 13.5 Å². The molecule has 1 unspecified atom stereocenters. The number of ketones is 1. The van der Waals surface area contributed by atoms with Crippen LogP contribution >= 0.6 is 0 Å². The van der Waals surface area contributed by atoms with Gasteiger partial charge in [-0.25, -0.2) is 4.79 Å². The first-order valence-corrected chi connectivity index (χ1v) is 10.7. The molecule has 0 spiro atoms. The van der Waals surface area contributed by atoms with Crippen molar-refractivity contribution in [3.8, 4) is 0 Å². The van der Waals surface area contributed by atoms with E-state index in [0.29, 0.717) is 24.2 Å². The van der Waals surface area contributed by atoms with Crippen molar-refractivity contribution in [3.05, 3.63) is 46.7 Å². The van der Waals surface area contributed by atoms with Gasteiger partial charge in [-0.1, -0.05) is 18.6 Å². The smallest absolute Gasteiger partial charge is 0.337 e. The summed E-state index contributed by atoms with van der Waals surface area (Å²) in [6, 6.07) is 6.10. The highest BCUT2D eigenvalue weighted by Gasteiger charge is 2.46. The molecule has 1 N–H and O–H groups in total. The van der Waals surface area contributed by atoms with Crippen LogP contribution in [-0.4, -0.2) is 65.9 Å². The molecular formula is C23H28N2O5. The Morgan fingerprint density at radius 3 is 2.33 bits per heavy atom. The van der Waals surface area contributed by atoms with Gasteiger partial charge in [0.05, 0.1) is 24.3 Å². The standard InChI is InChI=1S/C23H28N2O5/c1-30-23(29)17-9-5-15(6-10-17)19-18(20(26)16-7-8-16)21(27)22(28)25(19)14-13-24-11-3-2-4-12-24/h5-6,9-10,16,19,27H,2-4,7-8,11-14H2,1H3. The molecule has 1 aromatic carbocycles. The van der Waals surface area contributed by atoms with Crippen molar-refractivity contribution in [1.82, 2.24) is 9.80 Å². The average molecular weight is 412 g/mol. The molecule has 1 aliphatic carbocycles. The Morgan fingerprint density at radius 2 is 1.73 bits per heavy atom. The molecule has 1 saturated heterocycles. The Bertz CT molecular complexity index is 866. The van der Waals surface area contributed by atoms with Gasteiger partial charge in [-0.05, 0) is 56.5 Å². The quantitative estimate of drug-likeness (QED) is 0.693. The SMILES string of the molecule is COC(=O)c1ccc(C2C(C(=O)C3CC3)=C(O)C(=O)N2CCN2CCCCC2)cc1. The van der Waals surface area contributed by atoms with Crippen LogP contribution in [0.2, 0.25) is 0 Å². The number of ether oxygens (including phenoxy) is 1. The van der Waals surface area contributed by atoms with E-state index >= 15 is 0 Å². The maximum atomic E-state index is 12.9. The molecule has 1 atom stereocenters. The zero-order valence-corrected chi connectivity index (χ0v) is 17.3. The second-order valence-corrected chi connectivity index (χ2v) is 8.32. The molecule has 0 bridgehead atoms. The fourth-order valence-corrected chi connectivity index (χ4v) is 4.40. The number of carbonyl (C=O) groups excluding carboxylic acids is 3. The van der Waals surface area contributed by atoms with Crippen LogP contribution in [0.1, 0.15) is 54.1 Å². The number of nitrogens with zero attached hydrogens (tertiary/aromatic N) is 2. The van der Waals surface area contributed by atoms with Crippen LogP contribution in [0.5, 0.6) is 0 Å². The predicted molar refractivity (Wildman–Crippen MR) is 110 cm³/mol. The van der Waals surface area contributed by atoms with Gasteiger partial charge < -0.3 is 19.6 Å². The number of piperidine rings is 1. The number of benzene rings is 1. The Kier molecular flexibility index (Phi) is 5.90. The third-order valence-corrected chi connectivity index (χ3v) is 6.27. The molecule has 3 aliphatic rings. The molecular weight excluding hydrogens is 384 g/mol. The Balaban J connectivity index is 1.61. The van der Waals surface area contributed by atoms with E-state index in [1.807, 2.05) is 0 Å². The Hall–Kier alpha value is -2.67. The van der Waals surface area contributed by atoms with Crippen molar-refractivity contribution in [2.24, 2.45) is 5.92 Å². The number of hydrogen-bond acceptors (Lipinski definition) is 6. The minimum Gasteiger partial charge on any atom is -0.503 e. The number of amides is 1. The van der Waals surface area contributed by atoms with E-state index in [1.54, 1.807) is 29.2 Å². The number of Topliss-reactive ketones (excluding diaryl/α,β-unsaturated/α-hetero) is 1. The zero-order valence-electron chi connectivity index (χ0n) is 17.3. The number of likely N-dealkylation sites (tertiary alicyclic amines) is 1. The second kappa shape index (κ2) is 8.60. The van der Waals surface area contributed by atoms with Crippen molar-refractivity contribution < 1.29 is 24.2 Å². The molecule has 1 amide bonds.